The number of rotatable bonds is 8. The number of likely N-dealkylation sites (tertiary alicyclic amines) is 2. The molecule has 0 bridgehead atoms. The summed E-state index contributed by atoms with van der Waals surface area (Å²) in [6.07, 6.45) is 10.6. The van der Waals surface area contributed by atoms with E-state index in [1.54, 1.807) is 12.1 Å². The van der Waals surface area contributed by atoms with Crippen molar-refractivity contribution in [3.63, 3.8) is 0 Å². The van der Waals surface area contributed by atoms with Crippen LogP contribution in [0.25, 0.3) is 5.65 Å². The highest BCUT2D eigenvalue weighted by atomic mass is 19.1. The van der Waals surface area contributed by atoms with Crippen LogP contribution in [0.2, 0.25) is 0 Å². The molecule has 0 spiro atoms. The van der Waals surface area contributed by atoms with E-state index in [-0.39, 0.29) is 17.7 Å². The average Bonchev–Trinajstić information content (AvgIpc) is 3.47. The van der Waals surface area contributed by atoms with E-state index in [0.29, 0.717) is 18.4 Å². The maximum Gasteiger partial charge on any atom is 0.320 e. The summed E-state index contributed by atoms with van der Waals surface area (Å²) in [6.45, 7) is 6.50. The van der Waals surface area contributed by atoms with Crippen LogP contribution in [0.3, 0.4) is 0 Å². The number of halogens is 1. The molecule has 3 atom stereocenters. The van der Waals surface area contributed by atoms with Crippen molar-refractivity contribution >= 4 is 11.6 Å². The van der Waals surface area contributed by atoms with Crippen LogP contribution in [0.1, 0.15) is 67.2 Å². The van der Waals surface area contributed by atoms with Gasteiger partial charge in [0.1, 0.15) is 17.5 Å². The Hall–Kier alpha value is -2.77. The van der Waals surface area contributed by atoms with E-state index >= 15 is 0 Å². The summed E-state index contributed by atoms with van der Waals surface area (Å²) in [5.74, 6) is 0.531. The lowest BCUT2D eigenvalue weighted by Crippen LogP contribution is -2.43. The average molecular weight is 519 g/mol. The van der Waals surface area contributed by atoms with Gasteiger partial charge in [0.25, 0.3) is 0 Å². The van der Waals surface area contributed by atoms with Crippen molar-refractivity contribution in [2.24, 2.45) is 11.8 Å². The highest BCUT2D eigenvalue weighted by Gasteiger charge is 2.41. The SMILES string of the molecule is Cc1ccn2c(C3CCN(C[C@H]4CN(C(CC5CCC5)C(=O)O)CC4c4cccc(F)c4)CC3)cnc2c1. The molecule has 2 aromatic heterocycles. The summed E-state index contributed by atoms with van der Waals surface area (Å²) in [7, 11) is 0. The Morgan fingerprint density at radius 3 is 2.66 bits per heavy atom. The molecule has 7 heteroatoms. The first-order chi connectivity index (χ1) is 18.4. The Balaban J connectivity index is 1.15. The van der Waals surface area contributed by atoms with Crippen molar-refractivity contribution in [1.29, 1.82) is 0 Å². The minimum absolute atomic E-state index is 0.147. The number of pyridine rings is 1. The molecular formula is C31H39FN4O2. The number of nitrogens with zero attached hydrogens (tertiary/aromatic N) is 4. The maximum absolute atomic E-state index is 14.2. The number of aliphatic carboxylic acids is 1. The van der Waals surface area contributed by atoms with E-state index in [0.717, 1.165) is 69.5 Å². The zero-order valence-corrected chi connectivity index (χ0v) is 22.3. The largest absolute Gasteiger partial charge is 0.480 e. The van der Waals surface area contributed by atoms with Crippen LogP contribution >= 0.6 is 0 Å². The van der Waals surface area contributed by atoms with Gasteiger partial charge in [-0.2, -0.15) is 0 Å². The van der Waals surface area contributed by atoms with Crippen LogP contribution in [-0.2, 0) is 4.79 Å². The topological polar surface area (TPSA) is 61.1 Å². The molecule has 1 N–H and O–H groups in total. The van der Waals surface area contributed by atoms with Crippen LogP contribution in [0, 0.1) is 24.6 Å². The number of imidazole rings is 1. The van der Waals surface area contributed by atoms with Crippen LogP contribution in [0.5, 0.6) is 0 Å². The molecule has 6 nitrogen and oxygen atoms in total. The van der Waals surface area contributed by atoms with Gasteiger partial charge in [-0.05, 0) is 86.5 Å². The molecule has 1 aromatic carbocycles. The zero-order chi connectivity index (χ0) is 26.2. The summed E-state index contributed by atoms with van der Waals surface area (Å²) in [4.78, 5) is 21.7. The number of carboxylic acids is 1. The Labute approximate surface area is 224 Å². The Kier molecular flexibility index (Phi) is 7.23. The monoisotopic (exact) mass is 518 g/mol. The Bertz CT molecular complexity index is 1280. The van der Waals surface area contributed by atoms with Crippen LogP contribution < -0.4 is 0 Å². The quantitative estimate of drug-likeness (QED) is 0.437. The number of aryl methyl sites for hydroxylation is 1. The lowest BCUT2D eigenvalue weighted by atomic mass is 9.80. The third-order valence-corrected chi connectivity index (χ3v) is 9.45. The lowest BCUT2D eigenvalue weighted by Gasteiger charge is -2.35. The van der Waals surface area contributed by atoms with Gasteiger partial charge in [0.15, 0.2) is 0 Å². The number of hydrogen-bond acceptors (Lipinski definition) is 4. The molecule has 3 aliphatic rings. The Morgan fingerprint density at radius 1 is 1.13 bits per heavy atom. The lowest BCUT2D eigenvalue weighted by molar-refractivity contribution is -0.144. The molecule has 2 saturated heterocycles. The zero-order valence-electron chi connectivity index (χ0n) is 22.3. The molecule has 2 unspecified atom stereocenters. The van der Waals surface area contributed by atoms with Crippen molar-refractivity contribution in [3.05, 3.63) is 71.4 Å². The number of fused-ring (bicyclic) bond motifs is 1. The van der Waals surface area contributed by atoms with Gasteiger partial charge in [-0.25, -0.2) is 9.37 Å². The molecule has 0 amide bonds. The molecule has 4 heterocycles. The summed E-state index contributed by atoms with van der Waals surface area (Å²) in [5.41, 5.74) is 4.54. The van der Waals surface area contributed by atoms with E-state index in [2.05, 4.69) is 44.4 Å². The standard InChI is InChI=1S/C31H39FN4O2/c1-21-8-13-36-29(17-33-30(36)14-21)23-9-11-34(12-10-23)18-25-19-35(28(31(37)38)15-22-4-2-5-22)20-27(25)24-6-3-7-26(32)16-24/h3,6-8,13-14,16-17,22-23,25,27-28H,2,4-5,9-12,15,18-20H2,1H3,(H,37,38)/t25-,27?,28?/m0/s1. The van der Waals surface area contributed by atoms with Gasteiger partial charge in [0.2, 0.25) is 0 Å². The third-order valence-electron chi connectivity index (χ3n) is 9.45. The van der Waals surface area contributed by atoms with Crippen LogP contribution in [-0.4, -0.2) is 69.0 Å². The van der Waals surface area contributed by atoms with Crippen molar-refractivity contribution in [3.8, 4) is 0 Å². The van der Waals surface area contributed by atoms with Crippen LogP contribution in [0.15, 0.2) is 48.8 Å². The molecule has 1 saturated carbocycles. The van der Waals surface area contributed by atoms with Crippen molar-refractivity contribution in [1.82, 2.24) is 19.2 Å². The first-order valence-corrected chi connectivity index (χ1v) is 14.3. The predicted molar refractivity (Wildman–Crippen MR) is 146 cm³/mol. The van der Waals surface area contributed by atoms with Crippen molar-refractivity contribution < 1.29 is 14.3 Å². The summed E-state index contributed by atoms with van der Waals surface area (Å²) >= 11 is 0. The number of benzene rings is 1. The van der Waals surface area contributed by atoms with Gasteiger partial charge < -0.3 is 14.4 Å². The molecule has 6 rings (SSSR count). The van der Waals surface area contributed by atoms with Gasteiger partial charge in [-0.3, -0.25) is 9.69 Å². The first-order valence-electron chi connectivity index (χ1n) is 14.3. The highest BCUT2D eigenvalue weighted by Crippen LogP contribution is 2.39. The second-order valence-corrected chi connectivity index (χ2v) is 12.0. The second-order valence-electron chi connectivity index (χ2n) is 12.0. The van der Waals surface area contributed by atoms with Crippen LogP contribution in [0.4, 0.5) is 4.39 Å². The number of carboxylic acid groups (broad SMARTS) is 1. The van der Waals surface area contributed by atoms with E-state index in [9.17, 15) is 14.3 Å². The van der Waals surface area contributed by atoms with E-state index in [1.165, 1.54) is 23.7 Å². The fraction of sp³-hybridized carbons (Fsp3) is 0.548. The van der Waals surface area contributed by atoms with Gasteiger partial charge in [-0.15, -0.1) is 0 Å². The van der Waals surface area contributed by atoms with Crippen molar-refractivity contribution in [2.75, 3.05) is 32.7 Å². The molecule has 3 fully saturated rings. The molecule has 202 valence electrons. The second kappa shape index (κ2) is 10.8. The molecule has 3 aromatic rings. The fourth-order valence-electron chi connectivity index (χ4n) is 7.06. The third kappa shape index (κ3) is 5.23. The number of piperidine rings is 1. The smallest absolute Gasteiger partial charge is 0.320 e. The normalized spacial score (nSPS) is 24.6. The van der Waals surface area contributed by atoms with E-state index < -0.39 is 12.0 Å². The molecular weight excluding hydrogens is 479 g/mol. The van der Waals surface area contributed by atoms with Crippen molar-refractivity contribution in [2.45, 2.75) is 63.3 Å². The van der Waals surface area contributed by atoms with E-state index in [1.807, 2.05) is 12.3 Å². The molecule has 38 heavy (non-hydrogen) atoms. The number of hydrogen-bond donors (Lipinski definition) is 1. The van der Waals surface area contributed by atoms with E-state index in [4.69, 9.17) is 0 Å². The summed E-state index contributed by atoms with van der Waals surface area (Å²) in [6, 6.07) is 10.8. The maximum atomic E-state index is 14.2. The molecule has 2 aliphatic heterocycles. The Morgan fingerprint density at radius 2 is 1.95 bits per heavy atom. The molecule has 1 aliphatic carbocycles. The van der Waals surface area contributed by atoms with Gasteiger partial charge in [0.05, 0.1) is 0 Å². The first kappa shape index (κ1) is 25.5. The number of carbonyl (C=O) groups is 1. The minimum atomic E-state index is -0.709. The molecule has 0 radical (unpaired) electrons. The summed E-state index contributed by atoms with van der Waals surface area (Å²) < 4.78 is 16.4. The number of aromatic nitrogens is 2. The van der Waals surface area contributed by atoms with Gasteiger partial charge >= 0.3 is 5.97 Å². The van der Waals surface area contributed by atoms with Gasteiger partial charge in [-0.1, -0.05) is 31.4 Å². The minimum Gasteiger partial charge on any atom is -0.480 e. The summed E-state index contributed by atoms with van der Waals surface area (Å²) in [5, 5.41) is 10.1. The highest BCUT2D eigenvalue weighted by molar-refractivity contribution is 5.73. The predicted octanol–water partition coefficient (Wildman–Crippen LogP) is 5.32. The fourth-order valence-corrected chi connectivity index (χ4v) is 7.06. The van der Waals surface area contributed by atoms with Gasteiger partial charge in [0, 0.05) is 49.6 Å².